The second-order valence-corrected chi connectivity index (χ2v) is 5.65. The van der Waals surface area contributed by atoms with E-state index in [1.54, 1.807) is 0 Å². The third-order valence-corrected chi connectivity index (χ3v) is 3.91. The number of aldehydes is 1. The molecule has 0 radical (unpaired) electrons. The Morgan fingerprint density at radius 3 is 2.40 bits per heavy atom. The lowest BCUT2D eigenvalue weighted by molar-refractivity contribution is 0.110. The summed E-state index contributed by atoms with van der Waals surface area (Å²) in [4.78, 5) is 9.61. The number of hydrogen-bond donors (Lipinski definition) is 0. The van der Waals surface area contributed by atoms with Crippen molar-refractivity contribution in [3.63, 3.8) is 0 Å². The highest BCUT2D eigenvalue weighted by Crippen LogP contribution is 2.32. The van der Waals surface area contributed by atoms with Crippen molar-refractivity contribution < 1.29 is 30.8 Å². The van der Waals surface area contributed by atoms with Crippen molar-refractivity contribution in [2.24, 2.45) is 0 Å². The van der Waals surface area contributed by atoms with Crippen molar-refractivity contribution >= 4 is 16.1 Å². The molecule has 0 saturated heterocycles. The van der Waals surface area contributed by atoms with E-state index in [1.165, 1.54) is 12.1 Å². The van der Waals surface area contributed by atoms with Gasteiger partial charge in [-0.15, -0.1) is 0 Å². The highest BCUT2D eigenvalue weighted by Gasteiger charge is 2.30. The van der Waals surface area contributed by atoms with Gasteiger partial charge in [0.1, 0.15) is 11.6 Å². The van der Waals surface area contributed by atoms with Crippen LogP contribution in [-0.4, -0.2) is 20.5 Å². The number of rotatable bonds is 4. The molecule has 4 nitrogen and oxygen atoms in total. The van der Waals surface area contributed by atoms with Crippen LogP contribution in [0, 0.1) is 5.82 Å². The quantitative estimate of drug-likeness (QED) is 0.815. The van der Waals surface area contributed by atoms with Crippen LogP contribution in [0.3, 0.4) is 0 Å². The largest absolute Gasteiger partial charge is 0.453 e. The fourth-order valence-electron chi connectivity index (χ4n) is 1.59. The summed E-state index contributed by atoms with van der Waals surface area (Å²) >= 11 is 0. The molecule has 20 heavy (non-hydrogen) atoms. The third kappa shape index (κ3) is 2.46. The average molecular weight is 304 g/mol. The maximum absolute atomic E-state index is 13.1. The maximum atomic E-state index is 13.1. The van der Waals surface area contributed by atoms with Crippen LogP contribution in [0.5, 0.6) is 0 Å². The Kier molecular flexibility index (Phi) is 3.67. The molecule has 1 heterocycles. The van der Waals surface area contributed by atoms with E-state index < -0.39 is 26.3 Å². The molecular formula is C12H7F3O4S. The van der Waals surface area contributed by atoms with Crippen LogP contribution in [0.1, 0.15) is 10.6 Å². The molecule has 0 saturated carbocycles. The fraction of sp³-hybridized carbons (Fsp3) is 0.0833. The number of alkyl halides is 2. The van der Waals surface area contributed by atoms with E-state index in [1.807, 2.05) is 0 Å². The Hall–Kier alpha value is -2.09. The molecule has 2 aromatic rings. The van der Waals surface area contributed by atoms with Gasteiger partial charge in [0, 0.05) is 5.56 Å². The number of hydrogen-bond acceptors (Lipinski definition) is 4. The summed E-state index contributed by atoms with van der Waals surface area (Å²) < 4.78 is 66.4. The molecule has 2 rings (SSSR count). The number of furan rings is 1. The van der Waals surface area contributed by atoms with Gasteiger partial charge in [-0.25, -0.2) is 12.8 Å². The summed E-state index contributed by atoms with van der Waals surface area (Å²) in [5.74, 6) is -4.89. The molecule has 0 unspecified atom stereocenters. The molecule has 1 aromatic carbocycles. The highest BCUT2D eigenvalue weighted by atomic mass is 32.2. The Morgan fingerprint density at radius 2 is 1.85 bits per heavy atom. The fourth-order valence-corrected chi connectivity index (χ4v) is 2.54. The molecule has 1 aromatic heterocycles. The molecule has 0 aliphatic rings. The molecule has 0 atom stereocenters. The van der Waals surface area contributed by atoms with E-state index in [9.17, 15) is 26.4 Å². The summed E-state index contributed by atoms with van der Waals surface area (Å²) in [5.41, 5.74) is -0.236. The van der Waals surface area contributed by atoms with E-state index in [0.717, 1.165) is 12.1 Å². The van der Waals surface area contributed by atoms with Crippen LogP contribution in [-0.2, 0) is 9.84 Å². The lowest BCUT2D eigenvalue weighted by atomic mass is 10.2. The molecule has 0 aliphatic carbocycles. The SMILES string of the molecule is O=Cc1ccc(-c2ccc(F)cc2S(=O)(=O)C(F)F)o1. The van der Waals surface area contributed by atoms with Crippen LogP contribution in [0.25, 0.3) is 11.3 Å². The van der Waals surface area contributed by atoms with Gasteiger partial charge in [-0.1, -0.05) is 0 Å². The van der Waals surface area contributed by atoms with E-state index in [0.29, 0.717) is 12.4 Å². The number of carbonyl (C=O) groups is 1. The average Bonchev–Trinajstić information content (AvgIpc) is 2.87. The van der Waals surface area contributed by atoms with Gasteiger partial charge in [0.05, 0.1) is 4.90 Å². The van der Waals surface area contributed by atoms with Crippen LogP contribution in [0.4, 0.5) is 13.2 Å². The standard InChI is InChI=1S/C12H7F3O4S/c13-7-1-3-9(10-4-2-8(6-16)19-10)11(5-7)20(17,18)12(14)15/h1-6,12H. The zero-order valence-electron chi connectivity index (χ0n) is 9.72. The number of benzene rings is 1. The zero-order valence-corrected chi connectivity index (χ0v) is 10.5. The minimum atomic E-state index is -5.00. The van der Waals surface area contributed by atoms with Crippen LogP contribution >= 0.6 is 0 Å². The predicted octanol–water partition coefficient (Wildman–Crippen LogP) is 2.89. The Bertz CT molecular complexity index is 750. The lowest BCUT2D eigenvalue weighted by Gasteiger charge is -2.08. The first-order chi connectivity index (χ1) is 9.36. The molecule has 0 aliphatic heterocycles. The number of halogens is 3. The first-order valence-electron chi connectivity index (χ1n) is 5.23. The molecule has 106 valence electrons. The predicted molar refractivity (Wildman–Crippen MR) is 62.7 cm³/mol. The summed E-state index contributed by atoms with van der Waals surface area (Å²) in [7, 11) is -5.00. The number of carbonyl (C=O) groups excluding carboxylic acids is 1. The van der Waals surface area contributed by atoms with E-state index in [2.05, 4.69) is 0 Å². The van der Waals surface area contributed by atoms with Gasteiger partial charge >= 0.3 is 5.76 Å². The normalized spacial score (nSPS) is 11.8. The zero-order chi connectivity index (χ0) is 14.9. The minimum Gasteiger partial charge on any atom is -0.453 e. The maximum Gasteiger partial charge on any atom is 0.341 e. The van der Waals surface area contributed by atoms with Crippen molar-refractivity contribution in [3.8, 4) is 11.3 Å². The minimum absolute atomic E-state index is 0.107. The Labute approximate surface area is 111 Å². The Morgan fingerprint density at radius 1 is 1.15 bits per heavy atom. The van der Waals surface area contributed by atoms with Gasteiger partial charge in [-0.05, 0) is 30.3 Å². The first-order valence-corrected chi connectivity index (χ1v) is 6.78. The summed E-state index contributed by atoms with van der Waals surface area (Å²) in [6.07, 6.45) is 0.369. The molecule has 0 amide bonds. The van der Waals surface area contributed by atoms with Crippen molar-refractivity contribution in [1.82, 2.24) is 0 Å². The van der Waals surface area contributed by atoms with Crippen molar-refractivity contribution in [3.05, 3.63) is 41.9 Å². The second-order valence-electron chi connectivity index (χ2n) is 3.77. The molecule has 0 N–H and O–H groups in total. The van der Waals surface area contributed by atoms with Gasteiger partial charge in [0.2, 0.25) is 9.84 Å². The molecule has 8 heteroatoms. The topological polar surface area (TPSA) is 64.3 Å². The molecular weight excluding hydrogens is 297 g/mol. The van der Waals surface area contributed by atoms with Crippen molar-refractivity contribution in [2.45, 2.75) is 10.7 Å². The van der Waals surface area contributed by atoms with E-state index in [-0.39, 0.29) is 17.1 Å². The van der Waals surface area contributed by atoms with Crippen molar-refractivity contribution in [1.29, 1.82) is 0 Å². The van der Waals surface area contributed by atoms with Crippen LogP contribution in [0.2, 0.25) is 0 Å². The van der Waals surface area contributed by atoms with Gasteiger partial charge in [-0.2, -0.15) is 8.78 Å². The Balaban J connectivity index is 2.68. The second kappa shape index (κ2) is 5.12. The summed E-state index contributed by atoms with van der Waals surface area (Å²) in [5, 5.41) is 0. The highest BCUT2D eigenvalue weighted by molar-refractivity contribution is 7.91. The van der Waals surface area contributed by atoms with Gasteiger partial charge < -0.3 is 4.42 Å². The van der Waals surface area contributed by atoms with Gasteiger partial charge in [-0.3, -0.25) is 4.79 Å². The third-order valence-electron chi connectivity index (χ3n) is 2.49. The monoisotopic (exact) mass is 304 g/mol. The van der Waals surface area contributed by atoms with Gasteiger partial charge in [0.25, 0.3) is 0 Å². The van der Waals surface area contributed by atoms with Gasteiger partial charge in [0.15, 0.2) is 12.0 Å². The molecule has 0 spiro atoms. The first kappa shape index (κ1) is 14.3. The smallest absolute Gasteiger partial charge is 0.341 e. The lowest BCUT2D eigenvalue weighted by Crippen LogP contribution is -2.12. The van der Waals surface area contributed by atoms with Crippen molar-refractivity contribution in [2.75, 3.05) is 0 Å². The summed E-state index contributed by atoms with van der Waals surface area (Å²) in [6.45, 7) is 0. The van der Waals surface area contributed by atoms with Crippen LogP contribution < -0.4 is 0 Å². The summed E-state index contributed by atoms with van der Waals surface area (Å²) in [6, 6.07) is 4.87. The molecule has 0 bridgehead atoms. The van der Waals surface area contributed by atoms with Crippen LogP contribution in [0.15, 0.2) is 39.6 Å². The number of sulfone groups is 1. The van der Waals surface area contributed by atoms with E-state index in [4.69, 9.17) is 4.42 Å². The van der Waals surface area contributed by atoms with E-state index >= 15 is 0 Å². The molecule has 0 fully saturated rings.